The number of carbonyl (C=O) groups is 1. The standard InChI is InChI=1S/C13H24O5/c1-9(2)17-7-11(14)8-18-12-5-3-10(4-6-12)13(15)16/h9-12,14H,3-8H2,1-2H3,(H,15,16). The molecule has 1 aliphatic carbocycles. The Labute approximate surface area is 108 Å². The fraction of sp³-hybridized carbons (Fsp3) is 0.923. The fourth-order valence-corrected chi connectivity index (χ4v) is 2.08. The summed E-state index contributed by atoms with van der Waals surface area (Å²) < 4.78 is 10.9. The molecule has 0 heterocycles. The minimum Gasteiger partial charge on any atom is -0.481 e. The average Bonchev–Trinajstić information content (AvgIpc) is 2.34. The topological polar surface area (TPSA) is 76.0 Å². The molecular formula is C13H24O5. The fourth-order valence-electron chi connectivity index (χ4n) is 2.08. The van der Waals surface area contributed by atoms with Crippen LogP contribution < -0.4 is 0 Å². The van der Waals surface area contributed by atoms with Crippen molar-refractivity contribution in [3.8, 4) is 0 Å². The molecule has 2 N–H and O–H groups in total. The van der Waals surface area contributed by atoms with Gasteiger partial charge in [0.2, 0.25) is 0 Å². The third-order valence-corrected chi connectivity index (χ3v) is 3.17. The molecule has 0 saturated heterocycles. The zero-order valence-electron chi connectivity index (χ0n) is 11.2. The highest BCUT2D eigenvalue weighted by molar-refractivity contribution is 5.70. The molecule has 5 heteroatoms. The highest BCUT2D eigenvalue weighted by Gasteiger charge is 2.26. The van der Waals surface area contributed by atoms with Crippen molar-refractivity contribution in [2.45, 2.75) is 57.8 Å². The summed E-state index contributed by atoms with van der Waals surface area (Å²) in [6.45, 7) is 4.37. The van der Waals surface area contributed by atoms with Crippen LogP contribution in [0.25, 0.3) is 0 Å². The molecule has 0 aromatic rings. The first kappa shape index (κ1) is 15.4. The normalized spacial score (nSPS) is 26.2. The molecule has 1 rings (SSSR count). The summed E-state index contributed by atoms with van der Waals surface area (Å²) in [7, 11) is 0. The molecule has 0 bridgehead atoms. The van der Waals surface area contributed by atoms with Crippen LogP contribution in [-0.2, 0) is 14.3 Å². The Bertz CT molecular complexity index is 246. The van der Waals surface area contributed by atoms with Gasteiger partial charge in [-0.25, -0.2) is 0 Å². The molecule has 1 fully saturated rings. The third-order valence-electron chi connectivity index (χ3n) is 3.17. The second-order valence-corrected chi connectivity index (χ2v) is 5.18. The van der Waals surface area contributed by atoms with Crippen LogP contribution in [0.15, 0.2) is 0 Å². The maximum atomic E-state index is 10.8. The smallest absolute Gasteiger partial charge is 0.306 e. The lowest BCUT2D eigenvalue weighted by Crippen LogP contribution is -2.30. The van der Waals surface area contributed by atoms with E-state index >= 15 is 0 Å². The van der Waals surface area contributed by atoms with Gasteiger partial charge in [-0.3, -0.25) is 4.79 Å². The van der Waals surface area contributed by atoms with Gasteiger partial charge in [0.05, 0.1) is 31.3 Å². The Kier molecular flexibility index (Phi) is 6.60. The first-order chi connectivity index (χ1) is 8.49. The first-order valence-electron chi connectivity index (χ1n) is 6.63. The van der Waals surface area contributed by atoms with Gasteiger partial charge in [0.15, 0.2) is 0 Å². The summed E-state index contributed by atoms with van der Waals surface area (Å²) >= 11 is 0. The van der Waals surface area contributed by atoms with Gasteiger partial charge >= 0.3 is 5.97 Å². The van der Waals surface area contributed by atoms with Crippen LogP contribution in [-0.4, -0.2) is 47.7 Å². The molecule has 1 unspecified atom stereocenters. The van der Waals surface area contributed by atoms with Crippen molar-refractivity contribution in [3.05, 3.63) is 0 Å². The maximum Gasteiger partial charge on any atom is 0.306 e. The van der Waals surface area contributed by atoms with Gasteiger partial charge in [-0.2, -0.15) is 0 Å². The van der Waals surface area contributed by atoms with E-state index < -0.39 is 12.1 Å². The van der Waals surface area contributed by atoms with Crippen molar-refractivity contribution in [3.63, 3.8) is 0 Å². The second-order valence-electron chi connectivity index (χ2n) is 5.18. The van der Waals surface area contributed by atoms with Crippen LogP contribution in [0.3, 0.4) is 0 Å². The first-order valence-corrected chi connectivity index (χ1v) is 6.63. The summed E-state index contributed by atoms with van der Waals surface area (Å²) in [6.07, 6.45) is 2.42. The summed E-state index contributed by atoms with van der Waals surface area (Å²) in [4.78, 5) is 10.8. The Hall–Kier alpha value is -0.650. The lowest BCUT2D eigenvalue weighted by atomic mass is 9.87. The minimum absolute atomic E-state index is 0.0781. The van der Waals surface area contributed by atoms with Gasteiger partial charge in [-0.05, 0) is 39.5 Å². The van der Waals surface area contributed by atoms with E-state index in [0.717, 1.165) is 12.8 Å². The molecule has 5 nitrogen and oxygen atoms in total. The molecular weight excluding hydrogens is 236 g/mol. The molecule has 0 aromatic heterocycles. The number of rotatable bonds is 7. The van der Waals surface area contributed by atoms with Gasteiger partial charge in [-0.15, -0.1) is 0 Å². The van der Waals surface area contributed by atoms with E-state index in [1.165, 1.54) is 0 Å². The predicted molar refractivity (Wildman–Crippen MR) is 66.4 cm³/mol. The molecule has 0 aliphatic heterocycles. The lowest BCUT2D eigenvalue weighted by Gasteiger charge is -2.27. The number of aliphatic hydroxyl groups is 1. The number of ether oxygens (including phenoxy) is 2. The van der Waals surface area contributed by atoms with E-state index in [-0.39, 0.29) is 31.3 Å². The zero-order chi connectivity index (χ0) is 13.5. The summed E-state index contributed by atoms with van der Waals surface area (Å²) in [5.74, 6) is -0.933. The monoisotopic (exact) mass is 260 g/mol. The van der Waals surface area contributed by atoms with Crippen molar-refractivity contribution < 1.29 is 24.5 Å². The van der Waals surface area contributed by atoms with E-state index in [0.29, 0.717) is 12.8 Å². The SMILES string of the molecule is CC(C)OCC(O)COC1CCC(C(=O)O)CC1. The largest absolute Gasteiger partial charge is 0.481 e. The minimum atomic E-state index is -0.709. The maximum absolute atomic E-state index is 10.8. The van der Waals surface area contributed by atoms with E-state index in [9.17, 15) is 9.90 Å². The van der Waals surface area contributed by atoms with Crippen LogP contribution in [0.5, 0.6) is 0 Å². The highest BCUT2D eigenvalue weighted by Crippen LogP contribution is 2.26. The number of carboxylic acids is 1. The molecule has 18 heavy (non-hydrogen) atoms. The molecule has 1 atom stereocenters. The van der Waals surface area contributed by atoms with Crippen LogP contribution in [0.2, 0.25) is 0 Å². The predicted octanol–water partition coefficient (Wildman–Crippen LogP) is 1.43. The van der Waals surface area contributed by atoms with E-state index in [4.69, 9.17) is 14.6 Å². The zero-order valence-corrected chi connectivity index (χ0v) is 11.2. The van der Waals surface area contributed by atoms with Crippen LogP contribution in [0.1, 0.15) is 39.5 Å². The molecule has 1 aliphatic rings. The van der Waals surface area contributed by atoms with Crippen molar-refractivity contribution in [2.24, 2.45) is 5.92 Å². The number of aliphatic carboxylic acids is 1. The van der Waals surface area contributed by atoms with Crippen molar-refractivity contribution in [2.75, 3.05) is 13.2 Å². The molecule has 0 aromatic carbocycles. The van der Waals surface area contributed by atoms with Crippen molar-refractivity contribution in [1.82, 2.24) is 0 Å². The summed E-state index contributed by atoms with van der Waals surface area (Å²) in [6, 6.07) is 0. The van der Waals surface area contributed by atoms with Crippen LogP contribution >= 0.6 is 0 Å². The lowest BCUT2D eigenvalue weighted by molar-refractivity contribution is -0.144. The van der Waals surface area contributed by atoms with Gasteiger partial charge in [0, 0.05) is 0 Å². The van der Waals surface area contributed by atoms with Crippen molar-refractivity contribution in [1.29, 1.82) is 0 Å². The number of hydrogen-bond donors (Lipinski definition) is 2. The van der Waals surface area contributed by atoms with E-state index in [1.807, 2.05) is 13.8 Å². The third kappa shape index (κ3) is 5.80. The Morgan fingerprint density at radius 2 is 1.83 bits per heavy atom. The Morgan fingerprint density at radius 1 is 1.22 bits per heavy atom. The Balaban J connectivity index is 2.12. The molecule has 106 valence electrons. The quantitative estimate of drug-likeness (QED) is 0.724. The molecule has 0 amide bonds. The molecule has 0 spiro atoms. The Morgan fingerprint density at radius 3 is 2.33 bits per heavy atom. The number of hydrogen-bond acceptors (Lipinski definition) is 4. The van der Waals surface area contributed by atoms with Gasteiger partial charge in [0.1, 0.15) is 6.10 Å². The summed E-state index contributed by atoms with van der Waals surface area (Å²) in [5, 5.41) is 18.5. The van der Waals surface area contributed by atoms with Gasteiger partial charge in [0.25, 0.3) is 0 Å². The molecule has 0 radical (unpaired) electrons. The van der Waals surface area contributed by atoms with E-state index in [1.54, 1.807) is 0 Å². The number of aliphatic hydroxyl groups excluding tert-OH is 1. The van der Waals surface area contributed by atoms with E-state index in [2.05, 4.69) is 0 Å². The summed E-state index contributed by atoms with van der Waals surface area (Å²) in [5.41, 5.74) is 0. The van der Waals surface area contributed by atoms with Crippen molar-refractivity contribution >= 4 is 5.97 Å². The second kappa shape index (κ2) is 7.71. The van der Waals surface area contributed by atoms with Gasteiger partial charge < -0.3 is 19.7 Å². The average molecular weight is 260 g/mol. The van der Waals surface area contributed by atoms with Gasteiger partial charge in [-0.1, -0.05) is 0 Å². The number of carboxylic acid groups (broad SMARTS) is 1. The van der Waals surface area contributed by atoms with Crippen LogP contribution in [0, 0.1) is 5.92 Å². The van der Waals surface area contributed by atoms with Crippen LogP contribution in [0.4, 0.5) is 0 Å². The molecule has 1 saturated carbocycles. The highest BCUT2D eigenvalue weighted by atomic mass is 16.5.